The van der Waals surface area contributed by atoms with Gasteiger partial charge in [0.25, 0.3) is 0 Å². The highest BCUT2D eigenvalue weighted by molar-refractivity contribution is 8.82. The van der Waals surface area contributed by atoms with E-state index in [1.54, 1.807) is 0 Å². The van der Waals surface area contributed by atoms with Crippen LogP contribution in [0.2, 0.25) is 0 Å². The summed E-state index contributed by atoms with van der Waals surface area (Å²) in [5, 5.41) is 2.95. The molecule has 0 saturated carbocycles. The van der Waals surface area contributed by atoms with Crippen LogP contribution in [0.25, 0.3) is 0 Å². The first-order valence-corrected chi connectivity index (χ1v) is 8.41. The van der Waals surface area contributed by atoms with Crippen LogP contribution < -0.4 is 5.32 Å². The lowest BCUT2D eigenvalue weighted by atomic mass is 10.2. The number of carbonyl (C=O) groups is 1. The third kappa shape index (κ3) is 3.55. The molecule has 0 aromatic rings. The van der Waals surface area contributed by atoms with Gasteiger partial charge in [-0.2, -0.15) is 0 Å². The average molecular weight is 223 g/mol. The standard InChI is InChI=1S/C7H14NOPS2/c1-5(2)8-7(9)6-3-11-10-12-4-6/h5-6,10H,3-4H2,1-2H3,(H,8,9). The molecule has 1 amide bonds. The third-order valence-electron chi connectivity index (χ3n) is 1.49. The molecule has 1 aliphatic heterocycles. The van der Waals surface area contributed by atoms with E-state index in [2.05, 4.69) is 5.32 Å². The van der Waals surface area contributed by atoms with Crippen LogP contribution in [0.15, 0.2) is 0 Å². The van der Waals surface area contributed by atoms with Crippen LogP contribution in [0.3, 0.4) is 0 Å². The van der Waals surface area contributed by atoms with E-state index < -0.39 is 0 Å². The van der Waals surface area contributed by atoms with Crippen molar-refractivity contribution >= 4 is 35.7 Å². The highest BCUT2D eigenvalue weighted by Gasteiger charge is 2.21. The molecule has 12 heavy (non-hydrogen) atoms. The molecular weight excluding hydrogens is 209 g/mol. The normalized spacial score (nSPS) is 26.1. The SMILES string of the molecule is CC(C)NC(=O)C1CSPSC1. The van der Waals surface area contributed by atoms with Crippen molar-refractivity contribution in [2.45, 2.75) is 19.9 Å². The monoisotopic (exact) mass is 223 g/mol. The molecule has 1 fully saturated rings. The second-order valence-corrected chi connectivity index (χ2v) is 8.21. The maximum atomic E-state index is 11.5. The number of carbonyl (C=O) groups excluding carboxylic acids is 1. The number of nitrogens with one attached hydrogen (secondary N) is 1. The lowest BCUT2D eigenvalue weighted by molar-refractivity contribution is -0.124. The molecular formula is C7H14NOPS2. The summed E-state index contributed by atoms with van der Waals surface area (Å²) in [4.78, 5) is 11.5. The van der Waals surface area contributed by atoms with Crippen molar-refractivity contribution in [2.75, 3.05) is 11.5 Å². The predicted octanol–water partition coefficient (Wildman–Crippen LogP) is 2.12. The van der Waals surface area contributed by atoms with E-state index in [-0.39, 0.29) is 17.9 Å². The van der Waals surface area contributed by atoms with Gasteiger partial charge in [0, 0.05) is 17.5 Å². The van der Waals surface area contributed by atoms with E-state index in [0.717, 1.165) is 18.5 Å². The zero-order valence-corrected chi connectivity index (χ0v) is 9.93. The van der Waals surface area contributed by atoms with E-state index in [0.29, 0.717) is 0 Å². The first kappa shape index (κ1) is 10.7. The Kier molecular flexibility index (Phi) is 4.77. The van der Waals surface area contributed by atoms with Gasteiger partial charge in [0.05, 0.1) is 5.92 Å². The van der Waals surface area contributed by atoms with Crippen LogP contribution in [0.4, 0.5) is 0 Å². The van der Waals surface area contributed by atoms with E-state index >= 15 is 0 Å². The van der Waals surface area contributed by atoms with Gasteiger partial charge in [0.15, 0.2) is 0 Å². The first-order chi connectivity index (χ1) is 5.70. The highest BCUT2D eigenvalue weighted by atomic mass is 33.1. The van der Waals surface area contributed by atoms with Gasteiger partial charge >= 0.3 is 0 Å². The van der Waals surface area contributed by atoms with Crippen molar-refractivity contribution in [1.29, 1.82) is 0 Å². The smallest absolute Gasteiger partial charge is 0.225 e. The van der Waals surface area contributed by atoms with Gasteiger partial charge in [-0.1, -0.05) is 0 Å². The van der Waals surface area contributed by atoms with Crippen molar-refractivity contribution in [2.24, 2.45) is 5.92 Å². The second kappa shape index (κ2) is 5.36. The summed E-state index contributed by atoms with van der Waals surface area (Å²) in [6.07, 6.45) is 0. The van der Waals surface area contributed by atoms with Gasteiger partial charge in [0.2, 0.25) is 5.91 Å². The lowest BCUT2D eigenvalue weighted by Crippen LogP contribution is -2.37. The Balaban J connectivity index is 2.30. The number of amides is 1. The summed E-state index contributed by atoms with van der Waals surface area (Å²) in [7, 11) is 0. The third-order valence-corrected chi connectivity index (χ3v) is 6.69. The fourth-order valence-corrected chi connectivity index (χ4v) is 6.06. The molecule has 0 aromatic carbocycles. The van der Waals surface area contributed by atoms with E-state index in [1.807, 2.05) is 36.6 Å². The molecule has 1 N–H and O–H groups in total. The summed E-state index contributed by atoms with van der Waals surface area (Å²) < 4.78 is 0. The van der Waals surface area contributed by atoms with Gasteiger partial charge in [0.1, 0.15) is 0 Å². The largest absolute Gasteiger partial charge is 0.354 e. The fraction of sp³-hybridized carbons (Fsp3) is 0.857. The van der Waals surface area contributed by atoms with E-state index in [9.17, 15) is 4.79 Å². The first-order valence-electron chi connectivity index (χ1n) is 3.99. The van der Waals surface area contributed by atoms with Crippen LogP contribution in [0, 0.1) is 5.92 Å². The molecule has 0 aliphatic carbocycles. The Hall–Kier alpha value is 0.600. The molecule has 5 heteroatoms. The topological polar surface area (TPSA) is 29.1 Å². The Morgan fingerprint density at radius 2 is 2.08 bits per heavy atom. The minimum Gasteiger partial charge on any atom is -0.354 e. The Morgan fingerprint density at radius 1 is 1.50 bits per heavy atom. The average Bonchev–Trinajstić information content (AvgIpc) is 2.05. The van der Waals surface area contributed by atoms with Gasteiger partial charge in [-0.05, 0) is 20.8 Å². The maximum Gasteiger partial charge on any atom is 0.225 e. The van der Waals surface area contributed by atoms with Crippen molar-refractivity contribution in [1.82, 2.24) is 5.32 Å². The number of hydrogen-bond donors (Lipinski definition) is 1. The van der Waals surface area contributed by atoms with Crippen molar-refractivity contribution in [3.05, 3.63) is 0 Å². The number of rotatable bonds is 2. The molecule has 0 aromatic heterocycles. The summed E-state index contributed by atoms with van der Waals surface area (Å²) >= 11 is 3.78. The molecule has 1 saturated heterocycles. The Labute approximate surface area is 83.3 Å². The molecule has 2 nitrogen and oxygen atoms in total. The van der Waals surface area contributed by atoms with Crippen LogP contribution in [-0.4, -0.2) is 23.5 Å². The summed E-state index contributed by atoms with van der Waals surface area (Å²) in [5.74, 6) is 2.48. The highest BCUT2D eigenvalue weighted by Crippen LogP contribution is 2.48. The molecule has 1 rings (SSSR count). The van der Waals surface area contributed by atoms with Crippen LogP contribution >= 0.6 is 29.7 Å². The van der Waals surface area contributed by atoms with Gasteiger partial charge in [-0.15, -0.1) is 22.8 Å². The van der Waals surface area contributed by atoms with E-state index in [1.165, 1.54) is 0 Å². The molecule has 1 heterocycles. The molecule has 0 bridgehead atoms. The zero-order chi connectivity index (χ0) is 8.97. The summed E-state index contributed by atoms with van der Waals surface area (Å²) in [5.41, 5.74) is 0. The molecule has 0 spiro atoms. The number of hydrogen-bond acceptors (Lipinski definition) is 3. The molecule has 1 aliphatic rings. The summed E-state index contributed by atoms with van der Waals surface area (Å²) in [6.45, 7) is 4.94. The van der Waals surface area contributed by atoms with Gasteiger partial charge < -0.3 is 5.32 Å². The fourth-order valence-electron chi connectivity index (χ4n) is 0.913. The maximum absolute atomic E-state index is 11.5. The van der Waals surface area contributed by atoms with Gasteiger partial charge in [-0.25, -0.2) is 0 Å². The minimum atomic E-state index is 0.231. The van der Waals surface area contributed by atoms with Crippen LogP contribution in [0.1, 0.15) is 13.8 Å². The lowest BCUT2D eigenvalue weighted by Gasteiger charge is -2.21. The molecule has 0 radical (unpaired) electrons. The predicted molar refractivity (Wildman–Crippen MR) is 60.0 cm³/mol. The zero-order valence-electron chi connectivity index (χ0n) is 7.29. The summed E-state index contributed by atoms with van der Waals surface area (Å²) in [6, 6.07) is 0.275. The van der Waals surface area contributed by atoms with E-state index in [4.69, 9.17) is 0 Å². The quantitative estimate of drug-likeness (QED) is 0.727. The van der Waals surface area contributed by atoms with Gasteiger partial charge in [-0.3, -0.25) is 4.79 Å². The Morgan fingerprint density at radius 3 is 2.58 bits per heavy atom. The minimum absolute atomic E-state index is 0.231. The van der Waals surface area contributed by atoms with Crippen LogP contribution in [-0.2, 0) is 4.79 Å². The van der Waals surface area contributed by atoms with Crippen molar-refractivity contribution in [3.8, 4) is 0 Å². The Bertz CT molecular complexity index is 159. The van der Waals surface area contributed by atoms with Crippen LogP contribution in [0.5, 0.6) is 0 Å². The second-order valence-electron chi connectivity index (χ2n) is 3.07. The van der Waals surface area contributed by atoms with Crippen molar-refractivity contribution < 1.29 is 4.79 Å². The molecule has 0 atom stereocenters. The molecule has 70 valence electrons. The van der Waals surface area contributed by atoms with Crippen molar-refractivity contribution in [3.63, 3.8) is 0 Å². The molecule has 0 unspecified atom stereocenters.